The van der Waals surface area contributed by atoms with E-state index in [4.69, 9.17) is 0 Å². The number of hydrogen-bond acceptors (Lipinski definition) is 4. The lowest BCUT2D eigenvalue weighted by atomic mass is 10.0. The van der Waals surface area contributed by atoms with Crippen LogP contribution in [0.15, 0.2) is 42.5 Å². The normalized spacial score (nSPS) is 16.4. The molecule has 2 aromatic rings. The van der Waals surface area contributed by atoms with Gasteiger partial charge in [0.1, 0.15) is 6.17 Å². The van der Waals surface area contributed by atoms with E-state index in [1.54, 1.807) is 24.3 Å². The molecule has 1 heterocycles. The molecule has 2 N–H and O–H groups in total. The molecule has 0 bridgehead atoms. The molecule has 112 valence electrons. The summed E-state index contributed by atoms with van der Waals surface area (Å²) in [6.45, 7) is 1.87. The van der Waals surface area contributed by atoms with Crippen molar-refractivity contribution in [2.24, 2.45) is 0 Å². The van der Waals surface area contributed by atoms with Gasteiger partial charge in [0.25, 0.3) is 11.6 Å². The number of nitrogens with one attached hydrogen (secondary N) is 2. The highest BCUT2D eigenvalue weighted by Gasteiger charge is 2.25. The highest BCUT2D eigenvalue weighted by Crippen LogP contribution is 2.29. The lowest BCUT2D eigenvalue weighted by molar-refractivity contribution is -0.385. The Hall–Kier alpha value is -2.89. The third-order valence-electron chi connectivity index (χ3n) is 3.77. The fourth-order valence-corrected chi connectivity index (χ4v) is 2.60. The van der Waals surface area contributed by atoms with E-state index in [2.05, 4.69) is 10.6 Å². The van der Waals surface area contributed by atoms with Crippen molar-refractivity contribution in [1.29, 1.82) is 0 Å². The zero-order valence-corrected chi connectivity index (χ0v) is 12.0. The molecule has 0 spiro atoms. The maximum atomic E-state index is 12.1. The molecule has 22 heavy (non-hydrogen) atoms. The van der Waals surface area contributed by atoms with Gasteiger partial charge in [-0.1, -0.05) is 31.2 Å². The molecule has 1 amide bonds. The van der Waals surface area contributed by atoms with E-state index in [-0.39, 0.29) is 16.5 Å². The van der Waals surface area contributed by atoms with Crippen LogP contribution < -0.4 is 10.6 Å². The van der Waals surface area contributed by atoms with Crippen LogP contribution in [0.5, 0.6) is 0 Å². The average molecular weight is 297 g/mol. The summed E-state index contributed by atoms with van der Waals surface area (Å²) in [6.07, 6.45) is 0.108. The first kappa shape index (κ1) is 14.1. The maximum absolute atomic E-state index is 12.1. The number of aryl methyl sites for hydroxylation is 1. The van der Waals surface area contributed by atoms with Crippen LogP contribution in [-0.4, -0.2) is 10.8 Å². The topological polar surface area (TPSA) is 84.3 Å². The van der Waals surface area contributed by atoms with E-state index in [0.717, 1.165) is 5.69 Å². The number of hydrogen-bond donors (Lipinski definition) is 2. The van der Waals surface area contributed by atoms with Crippen molar-refractivity contribution in [3.63, 3.8) is 0 Å². The van der Waals surface area contributed by atoms with Gasteiger partial charge in [-0.25, -0.2) is 0 Å². The Kier molecular flexibility index (Phi) is 3.50. The Morgan fingerprint density at radius 3 is 2.68 bits per heavy atom. The fourth-order valence-electron chi connectivity index (χ4n) is 2.60. The van der Waals surface area contributed by atoms with Gasteiger partial charge in [-0.05, 0) is 18.6 Å². The summed E-state index contributed by atoms with van der Waals surface area (Å²) >= 11 is 0. The molecular formula is C16H15N3O3. The number of nitro groups is 1. The Morgan fingerprint density at radius 2 is 1.95 bits per heavy atom. The zero-order chi connectivity index (χ0) is 15.7. The van der Waals surface area contributed by atoms with Gasteiger partial charge in [-0.2, -0.15) is 0 Å². The van der Waals surface area contributed by atoms with Crippen molar-refractivity contribution in [3.8, 4) is 0 Å². The smallest absolute Gasteiger partial charge is 0.272 e. The zero-order valence-electron chi connectivity index (χ0n) is 12.0. The van der Waals surface area contributed by atoms with Gasteiger partial charge in [-0.15, -0.1) is 0 Å². The lowest BCUT2D eigenvalue weighted by Crippen LogP contribution is -2.38. The summed E-state index contributed by atoms with van der Waals surface area (Å²) in [5.74, 6) is -0.193. The molecule has 0 saturated carbocycles. The first-order valence-corrected chi connectivity index (χ1v) is 7.03. The van der Waals surface area contributed by atoms with Gasteiger partial charge in [0, 0.05) is 22.9 Å². The van der Waals surface area contributed by atoms with Crippen molar-refractivity contribution in [2.75, 3.05) is 5.32 Å². The van der Waals surface area contributed by atoms with Crippen LogP contribution >= 0.6 is 0 Å². The monoisotopic (exact) mass is 297 g/mol. The molecule has 0 unspecified atom stereocenters. The first-order chi connectivity index (χ1) is 10.6. The summed E-state index contributed by atoms with van der Waals surface area (Å²) in [6, 6.07) is 12.2. The van der Waals surface area contributed by atoms with Crippen molar-refractivity contribution < 1.29 is 9.72 Å². The van der Waals surface area contributed by atoms with Gasteiger partial charge in [-0.3, -0.25) is 14.9 Å². The Bertz CT molecular complexity index is 758. The Morgan fingerprint density at radius 1 is 1.18 bits per heavy atom. The van der Waals surface area contributed by atoms with Crippen LogP contribution in [-0.2, 0) is 6.42 Å². The SMILES string of the molecule is CCc1ccc([C@H]2NC(=O)c3ccccc3N2)cc1[N+](=O)[O-]. The fraction of sp³-hybridized carbons (Fsp3) is 0.188. The number of benzene rings is 2. The predicted octanol–water partition coefficient (Wildman–Crippen LogP) is 3.01. The number of anilines is 1. The van der Waals surface area contributed by atoms with Crippen molar-refractivity contribution in [2.45, 2.75) is 19.5 Å². The molecule has 0 saturated heterocycles. The second kappa shape index (κ2) is 5.48. The van der Waals surface area contributed by atoms with Crippen LogP contribution in [0.25, 0.3) is 0 Å². The molecule has 1 atom stereocenters. The minimum atomic E-state index is -0.480. The quantitative estimate of drug-likeness (QED) is 0.673. The average Bonchev–Trinajstić information content (AvgIpc) is 2.54. The number of carbonyl (C=O) groups excluding carboxylic acids is 1. The van der Waals surface area contributed by atoms with E-state index < -0.39 is 6.17 Å². The molecule has 6 nitrogen and oxygen atoms in total. The standard InChI is InChI=1S/C16H15N3O3/c1-2-10-7-8-11(9-14(10)19(21)22)15-17-13-6-4-3-5-12(13)16(20)18-15/h3-9,15,17H,2H2,1H3,(H,18,20)/t15-/m1/s1. The summed E-state index contributed by atoms with van der Waals surface area (Å²) < 4.78 is 0. The van der Waals surface area contributed by atoms with Gasteiger partial charge >= 0.3 is 0 Å². The molecule has 0 radical (unpaired) electrons. The van der Waals surface area contributed by atoms with Crippen molar-refractivity contribution in [1.82, 2.24) is 5.32 Å². The van der Waals surface area contributed by atoms with E-state index in [1.165, 1.54) is 6.07 Å². The van der Waals surface area contributed by atoms with Crippen molar-refractivity contribution in [3.05, 3.63) is 69.3 Å². The third kappa shape index (κ3) is 2.39. The van der Waals surface area contributed by atoms with Gasteiger partial charge < -0.3 is 10.6 Å². The van der Waals surface area contributed by atoms with E-state index in [0.29, 0.717) is 23.1 Å². The summed E-state index contributed by atoms with van der Waals surface area (Å²) in [7, 11) is 0. The number of para-hydroxylation sites is 1. The number of rotatable bonds is 3. The minimum absolute atomic E-state index is 0.0786. The van der Waals surface area contributed by atoms with Crippen LogP contribution in [0.4, 0.5) is 11.4 Å². The molecule has 6 heteroatoms. The third-order valence-corrected chi connectivity index (χ3v) is 3.77. The highest BCUT2D eigenvalue weighted by molar-refractivity contribution is 6.01. The summed E-state index contributed by atoms with van der Waals surface area (Å²) in [5.41, 5.74) is 2.70. The van der Waals surface area contributed by atoms with E-state index in [9.17, 15) is 14.9 Å². The number of fused-ring (bicyclic) bond motifs is 1. The Balaban J connectivity index is 1.98. The molecule has 0 aliphatic carbocycles. The van der Waals surface area contributed by atoms with Gasteiger partial charge in [0.15, 0.2) is 0 Å². The Labute approximate surface area is 127 Å². The number of carbonyl (C=O) groups is 1. The van der Waals surface area contributed by atoms with Crippen LogP contribution in [0, 0.1) is 10.1 Å². The molecule has 1 aliphatic heterocycles. The summed E-state index contributed by atoms with van der Waals surface area (Å²) in [5, 5.41) is 17.2. The molecule has 3 rings (SSSR count). The maximum Gasteiger partial charge on any atom is 0.272 e. The molecule has 0 aromatic heterocycles. The van der Waals surface area contributed by atoms with Gasteiger partial charge in [0.05, 0.1) is 10.5 Å². The van der Waals surface area contributed by atoms with Crippen LogP contribution in [0.3, 0.4) is 0 Å². The number of nitro benzene ring substituents is 1. The number of nitrogens with zero attached hydrogens (tertiary/aromatic N) is 1. The largest absolute Gasteiger partial charge is 0.361 e. The predicted molar refractivity (Wildman–Crippen MR) is 82.7 cm³/mol. The second-order valence-corrected chi connectivity index (χ2v) is 5.10. The minimum Gasteiger partial charge on any atom is -0.361 e. The van der Waals surface area contributed by atoms with E-state index in [1.807, 2.05) is 19.1 Å². The molecular weight excluding hydrogens is 282 g/mol. The molecule has 2 aromatic carbocycles. The van der Waals surface area contributed by atoms with Gasteiger partial charge in [0.2, 0.25) is 0 Å². The number of amides is 1. The summed E-state index contributed by atoms with van der Waals surface area (Å²) in [4.78, 5) is 22.9. The van der Waals surface area contributed by atoms with Crippen molar-refractivity contribution >= 4 is 17.3 Å². The lowest BCUT2D eigenvalue weighted by Gasteiger charge is -2.28. The second-order valence-electron chi connectivity index (χ2n) is 5.10. The highest BCUT2D eigenvalue weighted by atomic mass is 16.6. The van der Waals surface area contributed by atoms with E-state index >= 15 is 0 Å². The molecule has 0 fully saturated rings. The first-order valence-electron chi connectivity index (χ1n) is 7.03. The van der Waals surface area contributed by atoms with Crippen LogP contribution in [0.2, 0.25) is 0 Å². The molecule has 1 aliphatic rings. The van der Waals surface area contributed by atoms with Crippen LogP contribution in [0.1, 0.15) is 34.6 Å².